The van der Waals surface area contributed by atoms with Crippen molar-refractivity contribution in [1.29, 1.82) is 0 Å². The van der Waals surface area contributed by atoms with E-state index in [0.29, 0.717) is 0 Å². The minimum Gasteiger partial charge on any atom is -0.235 e. The van der Waals surface area contributed by atoms with Gasteiger partial charge in [0.1, 0.15) is 0 Å². The summed E-state index contributed by atoms with van der Waals surface area (Å²) < 4.78 is 0. The quantitative estimate of drug-likeness (QED) is 0.466. The van der Waals surface area contributed by atoms with Gasteiger partial charge < -0.3 is 0 Å². The summed E-state index contributed by atoms with van der Waals surface area (Å²) >= 11 is 0. The SMILES string of the molecule is C1CCC2CCC(C1)[N]2. The first-order valence-corrected chi connectivity index (χ1v) is 4.15. The molecule has 0 aliphatic carbocycles. The third-order valence-corrected chi connectivity index (χ3v) is 2.58. The third kappa shape index (κ3) is 1.11. The molecule has 2 bridgehead atoms. The second kappa shape index (κ2) is 2.30. The largest absolute Gasteiger partial charge is 0.235 e. The molecule has 51 valence electrons. The van der Waals surface area contributed by atoms with Gasteiger partial charge in [0.15, 0.2) is 0 Å². The average Bonchev–Trinajstić information content (AvgIpc) is 2.09. The molecule has 0 amide bonds. The Morgan fingerprint density at radius 1 is 0.778 bits per heavy atom. The van der Waals surface area contributed by atoms with E-state index in [2.05, 4.69) is 5.32 Å². The third-order valence-electron chi connectivity index (χ3n) is 2.58. The van der Waals surface area contributed by atoms with Crippen LogP contribution < -0.4 is 5.32 Å². The van der Waals surface area contributed by atoms with E-state index in [0.717, 1.165) is 12.1 Å². The summed E-state index contributed by atoms with van der Waals surface area (Å²) in [5, 5.41) is 4.69. The number of fused-ring (bicyclic) bond motifs is 2. The summed E-state index contributed by atoms with van der Waals surface area (Å²) in [7, 11) is 0. The monoisotopic (exact) mass is 124 g/mol. The summed E-state index contributed by atoms with van der Waals surface area (Å²) in [6, 6.07) is 1.55. The number of nitrogens with zero attached hydrogens (tertiary/aromatic N) is 1. The second-order valence-electron chi connectivity index (χ2n) is 3.32. The van der Waals surface area contributed by atoms with Gasteiger partial charge in [-0.05, 0) is 25.7 Å². The van der Waals surface area contributed by atoms with Crippen LogP contribution in [0.15, 0.2) is 0 Å². The first-order valence-electron chi connectivity index (χ1n) is 4.15. The summed E-state index contributed by atoms with van der Waals surface area (Å²) in [5.41, 5.74) is 0. The van der Waals surface area contributed by atoms with E-state index in [1.54, 1.807) is 0 Å². The Bertz CT molecular complexity index is 88.7. The highest BCUT2D eigenvalue weighted by molar-refractivity contribution is 4.85. The lowest BCUT2D eigenvalue weighted by molar-refractivity contribution is 0.534. The minimum atomic E-state index is 0.775. The number of hydrogen-bond acceptors (Lipinski definition) is 0. The summed E-state index contributed by atoms with van der Waals surface area (Å²) in [6.07, 6.45) is 8.43. The fourth-order valence-electron chi connectivity index (χ4n) is 2.03. The number of rotatable bonds is 0. The van der Waals surface area contributed by atoms with Gasteiger partial charge in [0.25, 0.3) is 0 Å². The highest BCUT2D eigenvalue weighted by Crippen LogP contribution is 2.26. The molecule has 2 fully saturated rings. The van der Waals surface area contributed by atoms with Crippen molar-refractivity contribution in [2.24, 2.45) is 0 Å². The van der Waals surface area contributed by atoms with Crippen molar-refractivity contribution in [3.8, 4) is 0 Å². The van der Waals surface area contributed by atoms with Crippen LogP contribution in [0.5, 0.6) is 0 Å². The maximum Gasteiger partial charge on any atom is 0.0249 e. The summed E-state index contributed by atoms with van der Waals surface area (Å²) in [4.78, 5) is 0. The molecular formula is C8H14N. The zero-order valence-corrected chi connectivity index (χ0v) is 5.84. The molecule has 2 saturated heterocycles. The van der Waals surface area contributed by atoms with Gasteiger partial charge in [-0.25, -0.2) is 5.32 Å². The maximum atomic E-state index is 4.69. The molecule has 2 aliphatic rings. The van der Waals surface area contributed by atoms with Gasteiger partial charge in [-0.15, -0.1) is 0 Å². The first kappa shape index (κ1) is 5.72. The maximum absolute atomic E-state index is 4.69. The molecule has 1 heteroatoms. The van der Waals surface area contributed by atoms with E-state index in [1.807, 2.05) is 0 Å². The molecule has 2 heterocycles. The Balaban J connectivity index is 1.99. The fourth-order valence-corrected chi connectivity index (χ4v) is 2.03. The minimum absolute atomic E-state index is 0.775. The Morgan fingerprint density at radius 3 is 1.89 bits per heavy atom. The van der Waals surface area contributed by atoms with Gasteiger partial charge in [-0.1, -0.05) is 12.8 Å². The average molecular weight is 124 g/mol. The standard InChI is InChI=1S/C8H14N/c1-2-4-8-6-5-7(3-1)9-8/h7-8H,1-6H2. The van der Waals surface area contributed by atoms with Gasteiger partial charge in [-0.2, -0.15) is 0 Å². The molecule has 2 unspecified atom stereocenters. The molecule has 9 heavy (non-hydrogen) atoms. The van der Waals surface area contributed by atoms with Crippen LogP contribution in [0.2, 0.25) is 0 Å². The smallest absolute Gasteiger partial charge is 0.0249 e. The highest BCUT2D eigenvalue weighted by atomic mass is 15.0. The zero-order chi connectivity index (χ0) is 6.10. The van der Waals surface area contributed by atoms with Gasteiger partial charge in [0, 0.05) is 12.1 Å². The van der Waals surface area contributed by atoms with Crippen molar-refractivity contribution in [1.82, 2.24) is 5.32 Å². The van der Waals surface area contributed by atoms with Crippen LogP contribution in [0, 0.1) is 0 Å². The molecular weight excluding hydrogens is 110 g/mol. The van der Waals surface area contributed by atoms with E-state index in [-0.39, 0.29) is 0 Å². The van der Waals surface area contributed by atoms with Crippen LogP contribution >= 0.6 is 0 Å². The van der Waals surface area contributed by atoms with Crippen molar-refractivity contribution >= 4 is 0 Å². The van der Waals surface area contributed by atoms with E-state index in [4.69, 9.17) is 0 Å². The van der Waals surface area contributed by atoms with Crippen molar-refractivity contribution in [2.75, 3.05) is 0 Å². The van der Waals surface area contributed by atoms with Crippen LogP contribution in [-0.4, -0.2) is 12.1 Å². The van der Waals surface area contributed by atoms with Gasteiger partial charge >= 0.3 is 0 Å². The lowest BCUT2D eigenvalue weighted by Gasteiger charge is -2.03. The lowest BCUT2D eigenvalue weighted by atomic mass is 10.0. The van der Waals surface area contributed by atoms with Gasteiger partial charge in [-0.3, -0.25) is 0 Å². The van der Waals surface area contributed by atoms with Crippen molar-refractivity contribution in [3.63, 3.8) is 0 Å². The number of hydrogen-bond donors (Lipinski definition) is 0. The molecule has 0 spiro atoms. The van der Waals surface area contributed by atoms with Crippen LogP contribution in [0.1, 0.15) is 38.5 Å². The van der Waals surface area contributed by atoms with E-state index >= 15 is 0 Å². The Hall–Kier alpha value is -0.0400. The van der Waals surface area contributed by atoms with E-state index in [1.165, 1.54) is 38.5 Å². The normalized spacial score (nSPS) is 42.7. The van der Waals surface area contributed by atoms with Crippen LogP contribution in [0.25, 0.3) is 0 Å². The first-order chi connectivity index (χ1) is 4.45. The molecule has 0 saturated carbocycles. The van der Waals surface area contributed by atoms with Crippen LogP contribution in [-0.2, 0) is 0 Å². The molecule has 0 aromatic rings. The predicted octanol–water partition coefficient (Wildman–Crippen LogP) is 1.70. The lowest BCUT2D eigenvalue weighted by Crippen LogP contribution is -2.18. The van der Waals surface area contributed by atoms with Crippen molar-refractivity contribution in [2.45, 2.75) is 50.6 Å². The van der Waals surface area contributed by atoms with Crippen molar-refractivity contribution in [3.05, 3.63) is 0 Å². The summed E-state index contributed by atoms with van der Waals surface area (Å²) in [6.45, 7) is 0. The predicted molar refractivity (Wildman–Crippen MR) is 37.4 cm³/mol. The molecule has 1 radical (unpaired) electrons. The molecule has 0 aromatic heterocycles. The topological polar surface area (TPSA) is 14.1 Å². The Morgan fingerprint density at radius 2 is 1.33 bits per heavy atom. The van der Waals surface area contributed by atoms with Gasteiger partial charge in [0.05, 0.1) is 0 Å². The van der Waals surface area contributed by atoms with Crippen molar-refractivity contribution < 1.29 is 0 Å². The molecule has 1 nitrogen and oxygen atoms in total. The molecule has 2 aliphatic heterocycles. The molecule has 2 rings (SSSR count). The van der Waals surface area contributed by atoms with Crippen LogP contribution in [0.4, 0.5) is 0 Å². The zero-order valence-electron chi connectivity index (χ0n) is 5.84. The second-order valence-corrected chi connectivity index (χ2v) is 3.32. The highest BCUT2D eigenvalue weighted by Gasteiger charge is 2.26. The molecule has 2 atom stereocenters. The van der Waals surface area contributed by atoms with Gasteiger partial charge in [0.2, 0.25) is 0 Å². The van der Waals surface area contributed by atoms with Crippen LogP contribution in [0.3, 0.4) is 0 Å². The Labute approximate surface area is 56.8 Å². The summed E-state index contributed by atoms with van der Waals surface area (Å²) in [5.74, 6) is 0. The fraction of sp³-hybridized carbons (Fsp3) is 1.00. The Kier molecular flexibility index (Phi) is 1.46. The molecule has 0 aromatic carbocycles. The molecule has 0 N–H and O–H groups in total. The van der Waals surface area contributed by atoms with E-state index in [9.17, 15) is 0 Å². The van der Waals surface area contributed by atoms with E-state index < -0.39 is 0 Å².